The number of hydrogen-bond donors (Lipinski definition) is 1. The van der Waals surface area contributed by atoms with Gasteiger partial charge >= 0.3 is 0 Å². The van der Waals surface area contributed by atoms with Crippen molar-refractivity contribution < 1.29 is 9.53 Å². The lowest BCUT2D eigenvalue weighted by Crippen LogP contribution is -2.20. The number of likely N-dealkylation sites (N-methyl/N-ethyl adjacent to an activating group) is 1. The van der Waals surface area contributed by atoms with Crippen molar-refractivity contribution >= 4 is 17.2 Å². The van der Waals surface area contributed by atoms with Crippen LogP contribution in [0.2, 0.25) is 0 Å². The molecule has 25 heavy (non-hydrogen) atoms. The van der Waals surface area contributed by atoms with E-state index in [1.165, 1.54) is 0 Å². The summed E-state index contributed by atoms with van der Waals surface area (Å²) in [6, 6.07) is 8.91. The third-order valence-corrected chi connectivity index (χ3v) is 3.72. The largest absolute Gasteiger partial charge is 0.476 e. The molecule has 0 unspecified atom stereocenters. The Bertz CT molecular complexity index is 888. The number of carbonyl (C=O) groups excluding carboxylic acids is 1. The lowest BCUT2D eigenvalue weighted by molar-refractivity contribution is 0.102. The van der Waals surface area contributed by atoms with Crippen LogP contribution in [0.15, 0.2) is 42.7 Å². The number of carbonyl (C=O) groups is 1. The van der Waals surface area contributed by atoms with Crippen LogP contribution in [0.25, 0.3) is 5.65 Å². The summed E-state index contributed by atoms with van der Waals surface area (Å²) in [6.07, 6.45) is 3.36. The maximum absolute atomic E-state index is 12.7. The zero-order valence-corrected chi connectivity index (χ0v) is 14.6. The van der Waals surface area contributed by atoms with Crippen molar-refractivity contribution in [1.82, 2.24) is 19.3 Å². The van der Waals surface area contributed by atoms with Gasteiger partial charge in [-0.1, -0.05) is 6.07 Å². The molecule has 3 heterocycles. The standard InChI is InChI=1S/C18H21N5O2/c1-13-12-20-16-6-4-5-15(23(13)16)18(24)21-14-7-8-19-17(11-14)25-10-9-22(2)3/h4-8,11-12H,9-10H2,1-3H3,(H,19,21,24). The lowest BCUT2D eigenvalue weighted by Gasteiger charge is -2.12. The van der Waals surface area contributed by atoms with E-state index in [4.69, 9.17) is 4.74 Å². The van der Waals surface area contributed by atoms with Crippen molar-refractivity contribution in [3.05, 3.63) is 54.1 Å². The highest BCUT2D eigenvalue weighted by Gasteiger charge is 2.13. The molecule has 0 aliphatic carbocycles. The van der Waals surface area contributed by atoms with E-state index in [1.807, 2.05) is 42.5 Å². The van der Waals surface area contributed by atoms with E-state index < -0.39 is 0 Å². The minimum Gasteiger partial charge on any atom is -0.476 e. The van der Waals surface area contributed by atoms with Crippen LogP contribution >= 0.6 is 0 Å². The number of aromatic nitrogens is 3. The van der Waals surface area contributed by atoms with E-state index in [-0.39, 0.29) is 5.91 Å². The Hall–Kier alpha value is -2.93. The fourth-order valence-corrected chi connectivity index (χ4v) is 2.46. The Labute approximate surface area is 146 Å². The molecule has 7 heteroatoms. The second kappa shape index (κ2) is 7.31. The molecule has 3 aromatic rings. The van der Waals surface area contributed by atoms with Gasteiger partial charge in [0.2, 0.25) is 5.88 Å². The molecule has 0 aliphatic heterocycles. The van der Waals surface area contributed by atoms with Crippen LogP contribution < -0.4 is 10.1 Å². The summed E-state index contributed by atoms with van der Waals surface area (Å²) >= 11 is 0. The highest BCUT2D eigenvalue weighted by atomic mass is 16.5. The van der Waals surface area contributed by atoms with Gasteiger partial charge < -0.3 is 15.0 Å². The smallest absolute Gasteiger partial charge is 0.272 e. The van der Waals surface area contributed by atoms with Crippen LogP contribution in [0.3, 0.4) is 0 Å². The number of anilines is 1. The van der Waals surface area contributed by atoms with Gasteiger partial charge in [-0.3, -0.25) is 9.20 Å². The number of ether oxygens (including phenoxy) is 1. The molecule has 130 valence electrons. The second-order valence-electron chi connectivity index (χ2n) is 5.99. The number of imidazole rings is 1. The van der Waals surface area contributed by atoms with Crippen molar-refractivity contribution in [2.24, 2.45) is 0 Å². The van der Waals surface area contributed by atoms with Gasteiger partial charge in [-0.05, 0) is 39.2 Å². The third kappa shape index (κ3) is 3.95. The summed E-state index contributed by atoms with van der Waals surface area (Å²) in [7, 11) is 3.96. The van der Waals surface area contributed by atoms with E-state index in [1.54, 1.807) is 30.6 Å². The van der Waals surface area contributed by atoms with Crippen molar-refractivity contribution in [3.8, 4) is 5.88 Å². The molecule has 1 amide bonds. The van der Waals surface area contributed by atoms with Crippen LogP contribution in [0.5, 0.6) is 5.88 Å². The first-order valence-electron chi connectivity index (χ1n) is 8.02. The Morgan fingerprint density at radius 1 is 1.28 bits per heavy atom. The number of nitrogens with zero attached hydrogens (tertiary/aromatic N) is 4. The van der Waals surface area contributed by atoms with Gasteiger partial charge in [0.25, 0.3) is 5.91 Å². The summed E-state index contributed by atoms with van der Waals surface area (Å²) in [5.74, 6) is 0.272. The molecule has 1 N–H and O–H groups in total. The molecule has 7 nitrogen and oxygen atoms in total. The van der Waals surface area contributed by atoms with Crippen LogP contribution in [-0.2, 0) is 0 Å². The Morgan fingerprint density at radius 3 is 2.92 bits per heavy atom. The highest BCUT2D eigenvalue weighted by molar-refractivity contribution is 6.03. The van der Waals surface area contributed by atoms with E-state index in [9.17, 15) is 4.79 Å². The van der Waals surface area contributed by atoms with Crippen molar-refractivity contribution in [1.29, 1.82) is 0 Å². The van der Waals surface area contributed by atoms with Crippen molar-refractivity contribution in [2.75, 3.05) is 32.6 Å². The predicted octanol–water partition coefficient (Wildman–Crippen LogP) is 2.23. The molecule has 0 atom stereocenters. The first-order valence-corrected chi connectivity index (χ1v) is 8.02. The van der Waals surface area contributed by atoms with Gasteiger partial charge in [0, 0.05) is 36.4 Å². The number of fused-ring (bicyclic) bond motifs is 1. The predicted molar refractivity (Wildman–Crippen MR) is 96.2 cm³/mol. The number of amides is 1. The molecule has 3 rings (SSSR count). The number of hydrogen-bond acceptors (Lipinski definition) is 5. The quantitative estimate of drug-likeness (QED) is 0.746. The summed E-state index contributed by atoms with van der Waals surface area (Å²) in [6.45, 7) is 3.24. The third-order valence-electron chi connectivity index (χ3n) is 3.72. The van der Waals surface area contributed by atoms with E-state index in [0.29, 0.717) is 23.9 Å². The fraction of sp³-hybridized carbons (Fsp3) is 0.278. The molecule has 0 aliphatic rings. The molecule has 0 aromatic carbocycles. The van der Waals surface area contributed by atoms with Gasteiger partial charge in [-0.2, -0.15) is 0 Å². The van der Waals surface area contributed by atoms with Crippen LogP contribution in [0, 0.1) is 6.92 Å². The summed E-state index contributed by atoms with van der Waals surface area (Å²) in [5.41, 5.74) is 2.81. The monoisotopic (exact) mass is 339 g/mol. The number of pyridine rings is 2. The van der Waals surface area contributed by atoms with E-state index >= 15 is 0 Å². The number of nitrogens with one attached hydrogen (secondary N) is 1. The second-order valence-corrected chi connectivity index (χ2v) is 5.99. The van der Waals surface area contributed by atoms with Gasteiger partial charge in [-0.15, -0.1) is 0 Å². The molecular formula is C18H21N5O2. The molecule has 0 fully saturated rings. The van der Waals surface area contributed by atoms with Gasteiger partial charge in [0.1, 0.15) is 17.9 Å². The molecule has 0 radical (unpaired) electrons. The van der Waals surface area contributed by atoms with Gasteiger partial charge in [-0.25, -0.2) is 9.97 Å². The molecular weight excluding hydrogens is 318 g/mol. The zero-order chi connectivity index (χ0) is 17.8. The Balaban J connectivity index is 1.75. The first-order chi connectivity index (χ1) is 12.0. The summed E-state index contributed by atoms with van der Waals surface area (Å²) < 4.78 is 7.43. The zero-order valence-electron chi connectivity index (χ0n) is 14.6. The average molecular weight is 339 g/mol. The molecule has 0 bridgehead atoms. The summed E-state index contributed by atoms with van der Waals surface area (Å²) in [5, 5.41) is 2.89. The number of aryl methyl sites for hydroxylation is 1. The average Bonchev–Trinajstić information content (AvgIpc) is 2.96. The first kappa shape index (κ1) is 16.9. The summed E-state index contributed by atoms with van der Waals surface area (Å²) in [4.78, 5) is 23.1. The SMILES string of the molecule is Cc1cnc2cccc(C(=O)Nc3ccnc(OCCN(C)C)c3)n12. The van der Waals surface area contributed by atoms with Crippen molar-refractivity contribution in [3.63, 3.8) is 0 Å². The molecule has 3 aromatic heterocycles. The van der Waals surface area contributed by atoms with Crippen LogP contribution in [-0.4, -0.2) is 52.4 Å². The lowest BCUT2D eigenvalue weighted by atomic mass is 10.3. The van der Waals surface area contributed by atoms with Crippen molar-refractivity contribution in [2.45, 2.75) is 6.92 Å². The van der Waals surface area contributed by atoms with Gasteiger partial charge in [0.05, 0.1) is 0 Å². The maximum Gasteiger partial charge on any atom is 0.272 e. The molecule has 0 saturated carbocycles. The molecule has 0 saturated heterocycles. The van der Waals surface area contributed by atoms with E-state index in [0.717, 1.165) is 17.9 Å². The Morgan fingerprint density at radius 2 is 2.12 bits per heavy atom. The van der Waals surface area contributed by atoms with Gasteiger partial charge in [0.15, 0.2) is 0 Å². The topological polar surface area (TPSA) is 71.8 Å². The number of rotatable bonds is 6. The normalized spacial score (nSPS) is 11.0. The molecule has 0 spiro atoms. The van der Waals surface area contributed by atoms with Crippen LogP contribution in [0.4, 0.5) is 5.69 Å². The maximum atomic E-state index is 12.7. The highest BCUT2D eigenvalue weighted by Crippen LogP contribution is 2.16. The van der Waals surface area contributed by atoms with Crippen LogP contribution in [0.1, 0.15) is 16.2 Å². The minimum atomic E-state index is -0.211. The fourth-order valence-electron chi connectivity index (χ4n) is 2.46. The van der Waals surface area contributed by atoms with E-state index in [2.05, 4.69) is 15.3 Å². The minimum absolute atomic E-state index is 0.211. The Kier molecular flexibility index (Phi) is 4.95.